The molecule has 12 nitrogen and oxygen atoms in total. The number of esters is 1. The van der Waals surface area contributed by atoms with E-state index in [0.717, 1.165) is 17.3 Å². The molecule has 1 N–H and O–H groups in total. The molecular formula is C36H32N4O8S. The van der Waals surface area contributed by atoms with Gasteiger partial charge in [-0.15, -0.1) is 0 Å². The summed E-state index contributed by atoms with van der Waals surface area (Å²) in [6.45, 7) is 7.46. The molecule has 49 heavy (non-hydrogen) atoms. The second-order valence-electron chi connectivity index (χ2n) is 11.9. The minimum Gasteiger partial charge on any atom is -0.489 e. The molecule has 0 radical (unpaired) electrons. The number of hydrogen-bond donors (Lipinski definition) is 1. The van der Waals surface area contributed by atoms with E-state index in [4.69, 9.17) is 19.0 Å². The van der Waals surface area contributed by atoms with Crippen molar-refractivity contribution >= 4 is 40.6 Å². The van der Waals surface area contributed by atoms with Gasteiger partial charge in [0.05, 0.1) is 22.1 Å². The summed E-state index contributed by atoms with van der Waals surface area (Å²) in [5, 5.41) is 5.83. The molecule has 2 aromatic carbocycles. The number of pyridine rings is 2. The number of ether oxygens (including phenoxy) is 3. The molecule has 2 aliphatic rings. The molecule has 2 unspecified atom stereocenters. The maximum Gasteiger partial charge on any atom is 0.367 e. The zero-order valence-corrected chi connectivity index (χ0v) is 28.0. The first-order valence-corrected chi connectivity index (χ1v) is 16.3. The highest BCUT2D eigenvalue weighted by atomic mass is 32.2. The van der Waals surface area contributed by atoms with Crippen LogP contribution in [0.3, 0.4) is 0 Å². The molecular weight excluding hydrogens is 648 g/mol. The number of hydrogen-bond acceptors (Lipinski definition) is 12. The molecule has 6 rings (SSSR count). The smallest absolute Gasteiger partial charge is 0.367 e. The lowest BCUT2D eigenvalue weighted by Crippen LogP contribution is -2.45. The molecule has 2 amide bonds. The Bertz CT molecular complexity index is 1970. The van der Waals surface area contributed by atoms with Crippen LogP contribution >= 0.6 is 11.8 Å². The van der Waals surface area contributed by atoms with Crippen molar-refractivity contribution in [2.24, 2.45) is 5.16 Å². The number of aromatic nitrogens is 2. The Morgan fingerprint density at radius 1 is 0.959 bits per heavy atom. The average molecular weight is 681 g/mol. The highest BCUT2D eigenvalue weighted by Crippen LogP contribution is 2.44. The van der Waals surface area contributed by atoms with E-state index in [1.807, 2.05) is 32.9 Å². The molecule has 4 heterocycles. The van der Waals surface area contributed by atoms with Gasteiger partial charge in [-0.1, -0.05) is 29.1 Å². The number of nitrogens with one attached hydrogen (secondary N) is 1. The molecule has 2 aliphatic heterocycles. The number of carbonyl (C=O) groups is 4. The Labute approximate surface area is 286 Å². The van der Waals surface area contributed by atoms with Crippen LogP contribution in [0.25, 0.3) is 0 Å². The monoisotopic (exact) mass is 680 g/mol. The van der Waals surface area contributed by atoms with Crippen molar-refractivity contribution in [2.75, 3.05) is 6.61 Å². The second kappa shape index (κ2) is 13.9. The predicted molar refractivity (Wildman–Crippen MR) is 180 cm³/mol. The number of carbonyl (C=O) groups excluding carboxylic acids is 4. The first kappa shape index (κ1) is 33.3. The van der Waals surface area contributed by atoms with Gasteiger partial charge < -0.3 is 19.0 Å². The lowest BCUT2D eigenvalue weighted by Gasteiger charge is -2.38. The number of rotatable bonds is 9. The molecule has 0 saturated carbocycles. The predicted octanol–water partition coefficient (Wildman–Crippen LogP) is 5.70. The first-order valence-electron chi connectivity index (χ1n) is 15.4. The Kier molecular flexibility index (Phi) is 9.45. The number of benzene rings is 2. The fourth-order valence-electron chi connectivity index (χ4n) is 5.57. The van der Waals surface area contributed by atoms with Gasteiger partial charge in [-0.25, -0.2) is 9.59 Å². The van der Waals surface area contributed by atoms with Gasteiger partial charge in [-0.2, -0.15) is 0 Å². The SMILES string of the molecule is Cc1c(C)c2c(c(C)c1OC(=O)c1cccnc1)/C(=N\OC(=O)c1cccnc1)CC(C)(COc1ccc(CC3SC(=O)NC3=O)cc1)O2. The van der Waals surface area contributed by atoms with Crippen LogP contribution in [0.4, 0.5) is 4.79 Å². The molecule has 4 aromatic rings. The quantitative estimate of drug-likeness (QED) is 0.100. The summed E-state index contributed by atoms with van der Waals surface area (Å²) in [5.74, 6) is -0.128. The van der Waals surface area contributed by atoms with Gasteiger partial charge in [-0.05, 0) is 87.2 Å². The van der Waals surface area contributed by atoms with Crippen molar-refractivity contribution in [3.8, 4) is 17.2 Å². The molecule has 1 saturated heterocycles. The molecule has 1 fully saturated rings. The van der Waals surface area contributed by atoms with Crippen molar-refractivity contribution in [3.05, 3.63) is 112 Å². The molecule has 0 spiro atoms. The fraction of sp³-hybridized carbons (Fsp3) is 0.250. The molecule has 0 aliphatic carbocycles. The van der Waals surface area contributed by atoms with Crippen molar-refractivity contribution in [2.45, 2.75) is 51.4 Å². The number of oxime groups is 1. The van der Waals surface area contributed by atoms with Gasteiger partial charge in [-0.3, -0.25) is 24.9 Å². The summed E-state index contributed by atoms with van der Waals surface area (Å²) in [6, 6.07) is 13.8. The Morgan fingerprint density at radius 2 is 1.63 bits per heavy atom. The van der Waals surface area contributed by atoms with E-state index in [9.17, 15) is 19.2 Å². The largest absolute Gasteiger partial charge is 0.489 e. The van der Waals surface area contributed by atoms with Crippen LogP contribution in [0.2, 0.25) is 0 Å². The zero-order chi connectivity index (χ0) is 34.7. The highest BCUT2D eigenvalue weighted by Gasteiger charge is 2.40. The maximum absolute atomic E-state index is 13.1. The lowest BCUT2D eigenvalue weighted by atomic mass is 9.86. The normalized spacial score (nSPS) is 19.1. The van der Waals surface area contributed by atoms with Crippen LogP contribution in [0.1, 0.15) is 61.9 Å². The van der Waals surface area contributed by atoms with Crippen LogP contribution < -0.4 is 19.5 Å². The Morgan fingerprint density at radius 3 is 2.24 bits per heavy atom. The van der Waals surface area contributed by atoms with E-state index >= 15 is 0 Å². The third-order valence-corrected chi connectivity index (χ3v) is 9.23. The van der Waals surface area contributed by atoms with Gasteiger partial charge in [0, 0.05) is 42.3 Å². The van der Waals surface area contributed by atoms with Crippen molar-refractivity contribution in [3.63, 3.8) is 0 Å². The summed E-state index contributed by atoms with van der Waals surface area (Å²) in [5.41, 5.74) is 3.39. The van der Waals surface area contributed by atoms with E-state index in [1.165, 1.54) is 12.4 Å². The van der Waals surface area contributed by atoms with E-state index in [-0.39, 0.29) is 29.7 Å². The van der Waals surface area contributed by atoms with Gasteiger partial charge in [0.25, 0.3) is 5.24 Å². The van der Waals surface area contributed by atoms with Crippen LogP contribution in [0.15, 0.2) is 78.5 Å². The molecule has 2 aromatic heterocycles. The van der Waals surface area contributed by atoms with Crippen LogP contribution in [-0.4, -0.2) is 56.2 Å². The van der Waals surface area contributed by atoms with Crippen molar-refractivity contribution in [1.82, 2.24) is 15.3 Å². The van der Waals surface area contributed by atoms with E-state index in [1.54, 1.807) is 55.7 Å². The first-order chi connectivity index (χ1) is 23.5. The van der Waals surface area contributed by atoms with Gasteiger partial charge in [0.1, 0.15) is 29.5 Å². The topological polar surface area (TPSA) is 155 Å². The second-order valence-corrected chi connectivity index (χ2v) is 13.1. The third-order valence-electron chi connectivity index (χ3n) is 8.25. The van der Waals surface area contributed by atoms with Crippen LogP contribution in [0, 0.1) is 20.8 Å². The van der Waals surface area contributed by atoms with Gasteiger partial charge in [0.2, 0.25) is 5.91 Å². The van der Waals surface area contributed by atoms with Crippen LogP contribution in [-0.2, 0) is 16.1 Å². The summed E-state index contributed by atoms with van der Waals surface area (Å²) in [7, 11) is 0. The molecule has 2 atom stereocenters. The van der Waals surface area contributed by atoms with E-state index in [0.29, 0.717) is 57.2 Å². The standard InChI is InChI=1S/C36H32N4O8S/c1-20-21(2)31-29(22(3)30(20)46-33(42)24-7-5-13-37-17-24)27(40-48-34(43)25-8-6-14-38-18-25)16-36(4,47-31)19-45-26-11-9-23(10-12-26)15-28-32(41)39-35(44)49-28/h5-14,17-18,28H,15-16,19H2,1-4H3,(H,39,41,44)/b40-27-. The summed E-state index contributed by atoms with van der Waals surface area (Å²) in [4.78, 5) is 62.9. The van der Waals surface area contributed by atoms with Crippen molar-refractivity contribution in [1.29, 1.82) is 0 Å². The zero-order valence-electron chi connectivity index (χ0n) is 27.1. The van der Waals surface area contributed by atoms with E-state index in [2.05, 4.69) is 20.4 Å². The number of nitrogens with zero attached hydrogens (tertiary/aromatic N) is 3. The third kappa shape index (κ3) is 7.31. The summed E-state index contributed by atoms with van der Waals surface area (Å²) < 4.78 is 18.7. The lowest BCUT2D eigenvalue weighted by molar-refractivity contribution is -0.118. The Balaban J connectivity index is 1.28. The minimum absolute atomic E-state index is 0.103. The summed E-state index contributed by atoms with van der Waals surface area (Å²) in [6.07, 6.45) is 6.53. The number of thioether (sulfide) groups is 1. The number of imide groups is 1. The van der Waals surface area contributed by atoms with Crippen molar-refractivity contribution < 1.29 is 38.2 Å². The Hall–Kier alpha value is -5.56. The number of amides is 2. The molecule has 250 valence electrons. The number of fused-ring (bicyclic) bond motifs is 1. The van der Waals surface area contributed by atoms with Gasteiger partial charge >= 0.3 is 11.9 Å². The maximum atomic E-state index is 13.1. The van der Waals surface area contributed by atoms with Gasteiger partial charge in [0.15, 0.2) is 0 Å². The van der Waals surface area contributed by atoms with Crippen LogP contribution in [0.5, 0.6) is 17.2 Å². The molecule has 13 heteroatoms. The highest BCUT2D eigenvalue weighted by molar-refractivity contribution is 8.15. The summed E-state index contributed by atoms with van der Waals surface area (Å²) >= 11 is 0.986. The van der Waals surface area contributed by atoms with E-state index < -0.39 is 22.8 Å². The average Bonchev–Trinajstić information content (AvgIpc) is 3.43. The minimum atomic E-state index is -0.957. The molecule has 0 bridgehead atoms. The fourth-order valence-corrected chi connectivity index (χ4v) is 6.43.